The number of aliphatic carboxylic acids is 1. The quantitative estimate of drug-likeness (QED) is 0.121. The normalized spacial score (nSPS) is 16.1. The summed E-state index contributed by atoms with van der Waals surface area (Å²) in [5.74, 6) is -4.27. The molecule has 0 saturated carbocycles. The van der Waals surface area contributed by atoms with Gasteiger partial charge < -0.3 is 47.8 Å². The Morgan fingerprint density at radius 3 is 1.90 bits per heavy atom. The highest BCUT2D eigenvalue weighted by Gasteiger charge is 2.32. The molecule has 0 aromatic carbocycles. The van der Waals surface area contributed by atoms with Gasteiger partial charge in [0.15, 0.2) is 0 Å². The van der Waals surface area contributed by atoms with Gasteiger partial charge in [0.2, 0.25) is 17.7 Å². The number of hydrogen-bond donors (Lipinski definition) is 9. The Morgan fingerprint density at radius 2 is 1.45 bits per heavy atom. The molecule has 5 unspecified atom stereocenters. The third-order valence-electron chi connectivity index (χ3n) is 3.98. The van der Waals surface area contributed by atoms with E-state index in [0.717, 1.165) is 0 Å². The van der Waals surface area contributed by atoms with Crippen molar-refractivity contribution in [2.24, 2.45) is 11.5 Å². The first-order valence-corrected chi connectivity index (χ1v) is 9.08. The number of unbranched alkanes of at least 4 members (excludes halogenated alkanes) is 1. The van der Waals surface area contributed by atoms with Crippen molar-refractivity contribution >= 4 is 23.7 Å². The van der Waals surface area contributed by atoms with E-state index in [1.165, 1.54) is 6.92 Å². The molecule has 29 heavy (non-hydrogen) atoms. The third kappa shape index (κ3) is 9.62. The lowest BCUT2D eigenvalue weighted by Gasteiger charge is -2.25. The summed E-state index contributed by atoms with van der Waals surface area (Å²) in [4.78, 5) is 47.4. The minimum Gasteiger partial charge on any atom is -0.480 e. The van der Waals surface area contributed by atoms with Gasteiger partial charge in [-0.05, 0) is 26.3 Å². The predicted octanol–water partition coefficient (Wildman–Crippen LogP) is -4.65. The molecule has 11 N–H and O–H groups in total. The predicted molar refractivity (Wildman–Crippen MR) is 100 cm³/mol. The van der Waals surface area contributed by atoms with Crippen LogP contribution in [-0.2, 0) is 19.2 Å². The average molecular weight is 421 g/mol. The van der Waals surface area contributed by atoms with E-state index >= 15 is 0 Å². The van der Waals surface area contributed by atoms with Crippen LogP contribution < -0.4 is 27.4 Å². The second kappa shape index (κ2) is 13.8. The molecule has 5 atom stereocenters. The second-order valence-corrected chi connectivity index (χ2v) is 6.44. The number of carboxylic acid groups (broad SMARTS) is 1. The van der Waals surface area contributed by atoms with E-state index < -0.39 is 67.2 Å². The molecule has 13 heteroatoms. The molecule has 0 bridgehead atoms. The van der Waals surface area contributed by atoms with Gasteiger partial charge >= 0.3 is 5.97 Å². The van der Waals surface area contributed by atoms with Crippen LogP contribution in [0.25, 0.3) is 0 Å². The SMILES string of the molecule is CC(O)C(NC(=O)C(N)CCCCN)C(=O)NC(CO)C(=O)NC(CO)C(=O)O. The van der Waals surface area contributed by atoms with Crippen molar-refractivity contribution in [1.82, 2.24) is 16.0 Å². The van der Waals surface area contributed by atoms with Gasteiger partial charge in [-0.1, -0.05) is 6.42 Å². The second-order valence-electron chi connectivity index (χ2n) is 6.44. The van der Waals surface area contributed by atoms with Crippen LogP contribution in [0.15, 0.2) is 0 Å². The Hall–Kier alpha value is -2.32. The first-order valence-electron chi connectivity index (χ1n) is 9.08. The summed E-state index contributed by atoms with van der Waals surface area (Å²) in [5.41, 5.74) is 11.1. The summed E-state index contributed by atoms with van der Waals surface area (Å²) < 4.78 is 0. The highest BCUT2D eigenvalue weighted by atomic mass is 16.4. The van der Waals surface area contributed by atoms with E-state index in [0.29, 0.717) is 25.8 Å². The van der Waals surface area contributed by atoms with Crippen molar-refractivity contribution in [2.75, 3.05) is 19.8 Å². The number of amides is 3. The Bertz CT molecular complexity index is 559. The number of aliphatic hydroxyl groups is 3. The maximum Gasteiger partial charge on any atom is 0.328 e. The van der Waals surface area contributed by atoms with Crippen molar-refractivity contribution in [3.63, 3.8) is 0 Å². The van der Waals surface area contributed by atoms with E-state index in [1.807, 2.05) is 5.32 Å². The van der Waals surface area contributed by atoms with Crippen molar-refractivity contribution in [3.8, 4) is 0 Å². The lowest BCUT2D eigenvalue weighted by atomic mass is 10.1. The first-order chi connectivity index (χ1) is 13.6. The highest BCUT2D eigenvalue weighted by Crippen LogP contribution is 2.01. The van der Waals surface area contributed by atoms with Gasteiger partial charge in [-0.2, -0.15) is 0 Å². The molecule has 0 saturated heterocycles. The smallest absolute Gasteiger partial charge is 0.328 e. The van der Waals surface area contributed by atoms with Gasteiger partial charge in [0, 0.05) is 0 Å². The van der Waals surface area contributed by atoms with Gasteiger partial charge in [-0.25, -0.2) is 4.79 Å². The lowest BCUT2D eigenvalue weighted by molar-refractivity contribution is -0.143. The third-order valence-corrected chi connectivity index (χ3v) is 3.98. The number of rotatable bonds is 14. The van der Waals surface area contributed by atoms with Crippen molar-refractivity contribution in [1.29, 1.82) is 0 Å². The van der Waals surface area contributed by atoms with Crippen LogP contribution in [0.5, 0.6) is 0 Å². The standard InChI is InChI=1S/C16H31N5O8/c1-8(24)12(21-13(25)9(18)4-2-3-5-17)15(27)19-10(6-22)14(26)20-11(7-23)16(28)29/h8-12,22-24H,2-7,17-18H2,1H3,(H,19,27)(H,20,26)(H,21,25)(H,28,29). The molecular weight excluding hydrogens is 390 g/mol. The summed E-state index contributed by atoms with van der Waals surface area (Å²) in [6.45, 7) is -0.128. The fraction of sp³-hybridized carbons (Fsp3) is 0.750. The number of carbonyl (C=O) groups is 4. The Kier molecular flexibility index (Phi) is 12.7. The molecule has 0 fully saturated rings. The van der Waals surface area contributed by atoms with E-state index in [9.17, 15) is 29.4 Å². The molecule has 0 aliphatic rings. The molecule has 0 aliphatic heterocycles. The Balaban J connectivity index is 4.99. The topological polar surface area (TPSA) is 237 Å². The molecule has 3 amide bonds. The van der Waals surface area contributed by atoms with Gasteiger partial charge in [0.25, 0.3) is 0 Å². The molecule has 0 rings (SSSR count). The van der Waals surface area contributed by atoms with Crippen LogP contribution in [0.1, 0.15) is 26.2 Å². The number of carboxylic acids is 1. The number of nitrogens with one attached hydrogen (secondary N) is 3. The maximum atomic E-state index is 12.4. The fourth-order valence-electron chi connectivity index (χ4n) is 2.22. The fourth-order valence-corrected chi connectivity index (χ4v) is 2.22. The molecule has 0 spiro atoms. The lowest BCUT2D eigenvalue weighted by Crippen LogP contribution is -2.60. The molecule has 0 radical (unpaired) electrons. The molecule has 0 aliphatic carbocycles. The van der Waals surface area contributed by atoms with E-state index in [2.05, 4.69) is 10.6 Å². The summed E-state index contributed by atoms with van der Waals surface area (Å²) >= 11 is 0. The monoisotopic (exact) mass is 421 g/mol. The van der Waals surface area contributed by atoms with Crippen LogP contribution >= 0.6 is 0 Å². The van der Waals surface area contributed by atoms with Gasteiger partial charge in [0.05, 0.1) is 25.4 Å². The zero-order chi connectivity index (χ0) is 22.6. The van der Waals surface area contributed by atoms with Crippen LogP contribution in [-0.4, -0.2) is 94.1 Å². The van der Waals surface area contributed by atoms with E-state index in [-0.39, 0.29) is 0 Å². The summed E-state index contributed by atoms with van der Waals surface area (Å²) in [5, 5.41) is 43.2. The van der Waals surface area contributed by atoms with Crippen LogP contribution in [0.4, 0.5) is 0 Å². The number of aliphatic hydroxyl groups excluding tert-OH is 3. The molecular formula is C16H31N5O8. The van der Waals surface area contributed by atoms with E-state index in [4.69, 9.17) is 21.7 Å². The first kappa shape index (κ1) is 26.7. The molecule has 0 heterocycles. The Labute approximate surface area is 167 Å². The molecule has 168 valence electrons. The van der Waals surface area contributed by atoms with Crippen molar-refractivity contribution < 1.29 is 39.6 Å². The van der Waals surface area contributed by atoms with Crippen LogP contribution in [0.2, 0.25) is 0 Å². The highest BCUT2D eigenvalue weighted by molar-refractivity contribution is 5.94. The van der Waals surface area contributed by atoms with Crippen LogP contribution in [0.3, 0.4) is 0 Å². The van der Waals surface area contributed by atoms with E-state index in [1.54, 1.807) is 0 Å². The zero-order valence-corrected chi connectivity index (χ0v) is 16.2. The van der Waals surface area contributed by atoms with Crippen molar-refractivity contribution in [3.05, 3.63) is 0 Å². The zero-order valence-electron chi connectivity index (χ0n) is 16.2. The summed E-state index contributed by atoms with van der Waals surface area (Å²) in [7, 11) is 0. The van der Waals surface area contributed by atoms with Gasteiger partial charge in [-0.15, -0.1) is 0 Å². The molecule has 13 nitrogen and oxygen atoms in total. The number of carbonyl (C=O) groups excluding carboxylic acids is 3. The van der Waals surface area contributed by atoms with Gasteiger partial charge in [0.1, 0.15) is 18.1 Å². The van der Waals surface area contributed by atoms with Gasteiger partial charge in [-0.3, -0.25) is 14.4 Å². The minimum absolute atomic E-state index is 0.316. The molecule has 0 aromatic rings. The van der Waals surface area contributed by atoms with Crippen LogP contribution in [0, 0.1) is 0 Å². The molecule has 0 aromatic heterocycles. The van der Waals surface area contributed by atoms with Crippen molar-refractivity contribution in [2.45, 2.75) is 56.5 Å². The summed E-state index contributed by atoms with van der Waals surface area (Å²) in [6.07, 6.45) is 0.219. The maximum absolute atomic E-state index is 12.4. The largest absolute Gasteiger partial charge is 0.480 e. The number of hydrogen-bond acceptors (Lipinski definition) is 9. The summed E-state index contributed by atoms with van der Waals surface area (Å²) in [6, 6.07) is -5.62. The average Bonchev–Trinajstić information content (AvgIpc) is 2.67. The number of nitrogens with two attached hydrogens (primary N) is 2. The Morgan fingerprint density at radius 1 is 0.897 bits per heavy atom. The minimum atomic E-state index is -1.63.